The number of halogens is 4. The highest BCUT2D eigenvalue weighted by atomic mass is 35.5. The van der Waals surface area contributed by atoms with Crippen molar-refractivity contribution in [3.05, 3.63) is 58.7 Å². The second-order valence-corrected chi connectivity index (χ2v) is 12.8. The summed E-state index contributed by atoms with van der Waals surface area (Å²) in [6.45, 7) is 4.12. The van der Waals surface area contributed by atoms with E-state index in [2.05, 4.69) is 0 Å². The van der Waals surface area contributed by atoms with E-state index in [1.54, 1.807) is 24.1 Å². The summed E-state index contributed by atoms with van der Waals surface area (Å²) in [5.74, 6) is -2.85. The average molecular weight is 582 g/mol. The van der Waals surface area contributed by atoms with Gasteiger partial charge >= 0.3 is 5.97 Å². The number of nitrogens with zero attached hydrogens (tertiary/aromatic N) is 1. The normalized spacial score (nSPS) is 44.7. The van der Waals surface area contributed by atoms with Crippen molar-refractivity contribution in [3.63, 3.8) is 0 Å². The predicted molar refractivity (Wildman–Crippen MR) is 140 cm³/mol. The topological polar surface area (TPSA) is 76.1 Å². The van der Waals surface area contributed by atoms with Gasteiger partial charge in [-0.05, 0) is 67.5 Å². The Balaban J connectivity index is 1.40. The van der Waals surface area contributed by atoms with Gasteiger partial charge in [0.15, 0.2) is 23.1 Å². The Hall–Kier alpha value is -1.84. The van der Waals surface area contributed by atoms with Gasteiger partial charge in [0.1, 0.15) is 6.17 Å². The minimum absolute atomic E-state index is 0.0660. The molecule has 0 radical (unpaired) electrons. The number of rotatable bonds is 4. The first kappa shape index (κ1) is 27.3. The van der Waals surface area contributed by atoms with Crippen LogP contribution in [-0.2, 0) is 25.7 Å². The molecule has 0 aromatic heterocycles. The number of carbonyl (C=O) groups excluding carboxylic acids is 2. The SMILES string of the molecule is CC12C[C@H](O)[C@@]3(F)[C@@H](C[C@H](F)C4=CC(=O)C=C[C@@]43C)[C@@H]1C[C@H]1CN(Cc3ccc(Cl)cc3)O[C@]12C(=O)OCCl. The van der Waals surface area contributed by atoms with Crippen molar-refractivity contribution in [3.8, 4) is 0 Å². The molecular formula is C29H31Cl2F2NO5. The van der Waals surface area contributed by atoms with Crippen molar-refractivity contribution < 1.29 is 33.1 Å². The standard InChI is InChI=1S/C29H31Cl2F2NO5/c1-26-8-7-19(35)10-22(26)23(32)11-21-20-9-17-14-34(13-16-3-5-18(31)6-4-16)39-29(17,25(37)38-15-30)27(20,2)12-24(36)28(21,26)33/h3-8,10,17,20-21,23-24,36H,9,11-15H2,1-2H3/t17-,20-,21-,23-,24-,26-,27?,28-,29-/m0/s1. The maximum Gasteiger partial charge on any atom is 0.342 e. The van der Waals surface area contributed by atoms with Crippen LogP contribution >= 0.6 is 23.2 Å². The summed E-state index contributed by atoms with van der Waals surface area (Å²) in [4.78, 5) is 32.3. The second-order valence-electron chi connectivity index (χ2n) is 12.1. The first-order chi connectivity index (χ1) is 18.4. The van der Waals surface area contributed by atoms with Gasteiger partial charge in [-0.25, -0.2) is 13.6 Å². The third-order valence-electron chi connectivity index (χ3n) is 10.4. The van der Waals surface area contributed by atoms with Crippen molar-refractivity contribution in [2.45, 2.75) is 63.2 Å². The Morgan fingerprint density at radius 2 is 1.95 bits per heavy atom. The number of hydrogen-bond donors (Lipinski definition) is 1. The van der Waals surface area contributed by atoms with Crippen LogP contribution in [0, 0.1) is 28.6 Å². The van der Waals surface area contributed by atoms with Gasteiger partial charge in [0.05, 0.1) is 6.10 Å². The van der Waals surface area contributed by atoms with Gasteiger partial charge in [-0.1, -0.05) is 48.3 Å². The fourth-order valence-corrected chi connectivity index (χ4v) is 8.93. The fourth-order valence-electron chi connectivity index (χ4n) is 8.71. The largest absolute Gasteiger partial charge is 0.447 e. The number of hydroxylamine groups is 2. The molecule has 10 heteroatoms. The Morgan fingerprint density at radius 1 is 1.23 bits per heavy atom. The molecule has 5 aliphatic rings. The second kappa shape index (κ2) is 9.08. The van der Waals surface area contributed by atoms with Crippen LogP contribution in [0.4, 0.5) is 8.78 Å². The van der Waals surface area contributed by atoms with E-state index in [1.165, 1.54) is 18.2 Å². The third kappa shape index (κ3) is 3.54. The lowest BCUT2D eigenvalue weighted by atomic mass is 9.44. The number of fused-ring (bicyclic) bond motifs is 7. The quantitative estimate of drug-likeness (QED) is 0.393. The van der Waals surface area contributed by atoms with Crippen molar-refractivity contribution in [2.75, 3.05) is 12.6 Å². The lowest BCUT2D eigenvalue weighted by Crippen LogP contribution is -2.70. The van der Waals surface area contributed by atoms with Gasteiger partial charge in [0.2, 0.25) is 0 Å². The van der Waals surface area contributed by atoms with E-state index in [9.17, 15) is 14.7 Å². The minimum atomic E-state index is -2.23. The molecule has 4 aliphatic carbocycles. The maximum absolute atomic E-state index is 17.5. The molecule has 1 aromatic carbocycles. The summed E-state index contributed by atoms with van der Waals surface area (Å²) in [5.41, 5.74) is -5.33. The lowest BCUT2D eigenvalue weighted by Gasteiger charge is -2.63. The smallest absolute Gasteiger partial charge is 0.342 e. The number of esters is 1. The third-order valence-corrected chi connectivity index (χ3v) is 10.8. The number of alkyl halides is 3. The number of carbonyl (C=O) groups is 2. The van der Waals surface area contributed by atoms with Gasteiger partial charge in [-0.2, -0.15) is 5.06 Å². The van der Waals surface area contributed by atoms with Gasteiger partial charge in [-0.15, -0.1) is 0 Å². The first-order valence-corrected chi connectivity index (χ1v) is 14.2. The zero-order valence-corrected chi connectivity index (χ0v) is 23.2. The molecule has 1 heterocycles. The van der Waals surface area contributed by atoms with E-state index in [0.717, 1.165) is 5.56 Å². The molecule has 6 rings (SSSR count). The molecule has 0 amide bonds. The molecule has 0 bridgehead atoms. The van der Waals surface area contributed by atoms with Crippen LogP contribution < -0.4 is 0 Å². The predicted octanol–water partition coefficient (Wildman–Crippen LogP) is 5.11. The van der Waals surface area contributed by atoms with Crippen LogP contribution in [0.2, 0.25) is 5.02 Å². The van der Waals surface area contributed by atoms with Gasteiger partial charge < -0.3 is 9.84 Å². The van der Waals surface area contributed by atoms with E-state index < -0.39 is 63.9 Å². The molecule has 1 N–H and O–H groups in total. The summed E-state index contributed by atoms with van der Waals surface area (Å²) in [6.07, 6.45) is 0.819. The monoisotopic (exact) mass is 581 g/mol. The van der Waals surface area contributed by atoms with Crippen molar-refractivity contribution in [2.24, 2.45) is 28.6 Å². The Kier molecular flexibility index (Phi) is 6.37. The summed E-state index contributed by atoms with van der Waals surface area (Å²) in [6, 6.07) is 6.90. The zero-order valence-electron chi connectivity index (χ0n) is 21.7. The number of aliphatic hydroxyl groups excluding tert-OH is 1. The fraction of sp³-hybridized carbons (Fsp3) is 0.586. The lowest BCUT2D eigenvalue weighted by molar-refractivity contribution is -0.277. The van der Waals surface area contributed by atoms with Crippen molar-refractivity contribution in [1.29, 1.82) is 0 Å². The van der Waals surface area contributed by atoms with Crippen LogP contribution in [0.15, 0.2) is 48.1 Å². The van der Waals surface area contributed by atoms with E-state index >= 15 is 8.78 Å². The number of aliphatic hydroxyl groups is 1. The van der Waals surface area contributed by atoms with E-state index in [1.807, 2.05) is 19.1 Å². The van der Waals surface area contributed by atoms with E-state index in [-0.39, 0.29) is 24.5 Å². The molecule has 0 spiro atoms. The minimum Gasteiger partial charge on any atom is -0.447 e. The zero-order chi connectivity index (χ0) is 28.0. The first-order valence-electron chi connectivity index (χ1n) is 13.3. The molecule has 1 saturated heterocycles. The molecule has 210 valence electrons. The van der Waals surface area contributed by atoms with Gasteiger partial charge in [0.25, 0.3) is 0 Å². The van der Waals surface area contributed by atoms with E-state index in [4.69, 9.17) is 32.8 Å². The van der Waals surface area contributed by atoms with Crippen LogP contribution in [0.1, 0.15) is 38.7 Å². The summed E-state index contributed by atoms with van der Waals surface area (Å²) >= 11 is 11.9. The molecular weight excluding hydrogens is 551 g/mol. The van der Waals surface area contributed by atoms with Crippen LogP contribution in [-0.4, -0.2) is 58.1 Å². The van der Waals surface area contributed by atoms with Gasteiger partial charge in [0, 0.05) is 40.8 Å². The van der Waals surface area contributed by atoms with E-state index in [0.29, 0.717) is 24.5 Å². The number of allylic oxidation sites excluding steroid dienone is 4. The molecule has 4 fully saturated rings. The Labute approximate surface area is 235 Å². The molecule has 1 unspecified atom stereocenters. The number of benzene rings is 1. The molecule has 1 aliphatic heterocycles. The van der Waals surface area contributed by atoms with Crippen LogP contribution in [0.25, 0.3) is 0 Å². The summed E-state index contributed by atoms with van der Waals surface area (Å²) in [5, 5.41) is 13.9. The molecule has 1 aromatic rings. The highest BCUT2D eigenvalue weighted by Gasteiger charge is 2.80. The highest BCUT2D eigenvalue weighted by Crippen LogP contribution is 2.72. The molecule has 9 atom stereocenters. The molecule has 39 heavy (non-hydrogen) atoms. The summed E-state index contributed by atoms with van der Waals surface area (Å²) in [7, 11) is 0. The highest BCUT2D eigenvalue weighted by molar-refractivity contribution is 6.30. The van der Waals surface area contributed by atoms with Crippen LogP contribution in [0.3, 0.4) is 0 Å². The maximum atomic E-state index is 17.5. The number of ether oxygens (including phenoxy) is 1. The van der Waals surface area contributed by atoms with Crippen molar-refractivity contribution in [1.82, 2.24) is 5.06 Å². The average Bonchev–Trinajstić information content (AvgIpc) is 3.36. The Morgan fingerprint density at radius 3 is 2.64 bits per heavy atom. The number of ketones is 1. The molecule has 3 saturated carbocycles. The number of hydrogen-bond acceptors (Lipinski definition) is 6. The molecule has 6 nitrogen and oxygen atoms in total. The van der Waals surface area contributed by atoms with Crippen LogP contribution in [0.5, 0.6) is 0 Å². The van der Waals surface area contributed by atoms with Crippen molar-refractivity contribution >= 4 is 35.0 Å². The summed E-state index contributed by atoms with van der Waals surface area (Å²) < 4.78 is 38.5. The van der Waals surface area contributed by atoms with Gasteiger partial charge in [-0.3, -0.25) is 9.63 Å². The Bertz CT molecular complexity index is 1270.